The lowest BCUT2D eigenvalue weighted by Gasteiger charge is -2.10. The van der Waals surface area contributed by atoms with Gasteiger partial charge in [-0.3, -0.25) is 4.79 Å². The molecule has 0 radical (unpaired) electrons. The zero-order chi connectivity index (χ0) is 18.6. The fraction of sp³-hybridized carbons (Fsp3) is 0.368. The van der Waals surface area contributed by atoms with E-state index in [1.54, 1.807) is 6.21 Å². The van der Waals surface area contributed by atoms with E-state index < -0.39 is 9.84 Å². The Bertz CT molecular complexity index is 938. The lowest BCUT2D eigenvalue weighted by Crippen LogP contribution is -2.21. The van der Waals surface area contributed by atoms with Crippen LogP contribution >= 0.6 is 0 Å². The summed E-state index contributed by atoms with van der Waals surface area (Å²) in [6, 6.07) is 11.7. The van der Waals surface area contributed by atoms with E-state index in [9.17, 15) is 13.2 Å². The van der Waals surface area contributed by atoms with Crippen LogP contribution < -0.4 is 10.2 Å². The van der Waals surface area contributed by atoms with Crippen molar-refractivity contribution in [1.82, 2.24) is 5.43 Å². The molecule has 1 N–H and O–H groups in total. The molecule has 1 saturated heterocycles. The molecule has 1 amide bonds. The van der Waals surface area contributed by atoms with Crippen molar-refractivity contribution in [3.8, 4) is 5.75 Å². The molecule has 1 fully saturated rings. The van der Waals surface area contributed by atoms with Crippen LogP contribution in [0.4, 0.5) is 0 Å². The molecular weight excluding hydrogens is 352 g/mol. The smallest absolute Gasteiger partial charge is 0.240 e. The van der Waals surface area contributed by atoms with Gasteiger partial charge < -0.3 is 4.74 Å². The normalized spacial score (nSPS) is 19.0. The number of sulfone groups is 1. The lowest BCUT2D eigenvalue weighted by atomic mass is 10.0. The number of amides is 1. The van der Waals surface area contributed by atoms with Crippen LogP contribution in [0.1, 0.15) is 25.3 Å². The summed E-state index contributed by atoms with van der Waals surface area (Å²) in [5.41, 5.74) is 3.30. The highest BCUT2D eigenvalue weighted by molar-refractivity contribution is 7.91. The summed E-state index contributed by atoms with van der Waals surface area (Å²) >= 11 is 0. The average molecular weight is 374 g/mol. The van der Waals surface area contributed by atoms with Gasteiger partial charge in [-0.1, -0.05) is 30.3 Å². The molecule has 26 heavy (non-hydrogen) atoms. The van der Waals surface area contributed by atoms with Crippen LogP contribution in [-0.4, -0.2) is 38.7 Å². The minimum Gasteiger partial charge on any atom is -0.493 e. The zero-order valence-corrected chi connectivity index (χ0v) is 15.5. The Morgan fingerprint density at radius 3 is 2.85 bits per heavy atom. The quantitative estimate of drug-likeness (QED) is 0.622. The zero-order valence-electron chi connectivity index (χ0n) is 14.6. The van der Waals surface area contributed by atoms with Gasteiger partial charge in [0.05, 0.1) is 24.3 Å². The van der Waals surface area contributed by atoms with Crippen LogP contribution in [0.5, 0.6) is 5.75 Å². The maximum Gasteiger partial charge on any atom is 0.240 e. The fourth-order valence-electron chi connectivity index (χ4n) is 3.20. The number of rotatable bonds is 6. The van der Waals surface area contributed by atoms with Gasteiger partial charge in [-0.15, -0.1) is 0 Å². The van der Waals surface area contributed by atoms with Crippen LogP contribution in [0, 0.1) is 5.92 Å². The highest BCUT2D eigenvalue weighted by Gasteiger charge is 2.29. The Morgan fingerprint density at radius 1 is 1.31 bits per heavy atom. The van der Waals surface area contributed by atoms with Crippen molar-refractivity contribution >= 4 is 32.7 Å². The van der Waals surface area contributed by atoms with Crippen molar-refractivity contribution < 1.29 is 17.9 Å². The Hall–Kier alpha value is -2.41. The highest BCUT2D eigenvalue weighted by Crippen LogP contribution is 2.26. The van der Waals surface area contributed by atoms with Crippen molar-refractivity contribution in [2.24, 2.45) is 11.0 Å². The first kappa shape index (κ1) is 18.4. The molecule has 3 rings (SSSR count). The molecule has 1 aliphatic heterocycles. The van der Waals surface area contributed by atoms with Crippen LogP contribution in [0.3, 0.4) is 0 Å². The third-order valence-electron chi connectivity index (χ3n) is 4.41. The van der Waals surface area contributed by atoms with Crippen molar-refractivity contribution in [3.63, 3.8) is 0 Å². The summed E-state index contributed by atoms with van der Waals surface area (Å²) in [5, 5.41) is 6.10. The van der Waals surface area contributed by atoms with Crippen LogP contribution in [0.2, 0.25) is 0 Å². The SMILES string of the molecule is CCOc1ccc2ccccc2c1/C=N\NC(=O)C[C@@H]1CCS(=O)(=O)C1. The molecule has 2 aromatic carbocycles. The monoisotopic (exact) mass is 374 g/mol. The second kappa shape index (κ2) is 7.86. The van der Waals surface area contributed by atoms with E-state index in [0.29, 0.717) is 18.8 Å². The summed E-state index contributed by atoms with van der Waals surface area (Å²) in [6.07, 6.45) is 2.29. The first-order chi connectivity index (χ1) is 12.5. The number of carbonyl (C=O) groups is 1. The van der Waals surface area contributed by atoms with E-state index in [2.05, 4.69) is 10.5 Å². The maximum atomic E-state index is 12.0. The van der Waals surface area contributed by atoms with Crippen LogP contribution in [0.15, 0.2) is 41.5 Å². The Kier molecular flexibility index (Phi) is 5.56. The van der Waals surface area contributed by atoms with E-state index in [-0.39, 0.29) is 29.8 Å². The van der Waals surface area contributed by atoms with Gasteiger partial charge in [-0.2, -0.15) is 5.10 Å². The predicted molar refractivity (Wildman–Crippen MR) is 102 cm³/mol. The van der Waals surface area contributed by atoms with Gasteiger partial charge in [0.25, 0.3) is 0 Å². The first-order valence-corrected chi connectivity index (χ1v) is 10.5. The van der Waals surface area contributed by atoms with Gasteiger partial charge >= 0.3 is 0 Å². The van der Waals surface area contributed by atoms with Crippen molar-refractivity contribution in [1.29, 1.82) is 0 Å². The van der Waals surface area contributed by atoms with Crippen LogP contribution in [0.25, 0.3) is 10.8 Å². The van der Waals surface area contributed by atoms with E-state index in [1.807, 2.05) is 43.3 Å². The Morgan fingerprint density at radius 2 is 2.12 bits per heavy atom. The summed E-state index contributed by atoms with van der Waals surface area (Å²) in [4.78, 5) is 12.0. The third kappa shape index (κ3) is 4.40. The number of hydrazone groups is 1. The topological polar surface area (TPSA) is 84.8 Å². The molecule has 138 valence electrons. The number of carbonyl (C=O) groups excluding carboxylic acids is 1. The second-order valence-electron chi connectivity index (χ2n) is 6.40. The van der Waals surface area contributed by atoms with E-state index in [0.717, 1.165) is 16.3 Å². The summed E-state index contributed by atoms with van der Waals surface area (Å²) in [5.74, 6) is 0.559. The predicted octanol–water partition coefficient (Wildman–Crippen LogP) is 2.51. The van der Waals surface area contributed by atoms with Crippen molar-refractivity contribution in [2.45, 2.75) is 19.8 Å². The first-order valence-electron chi connectivity index (χ1n) is 8.65. The summed E-state index contributed by atoms with van der Waals surface area (Å²) < 4.78 is 28.6. The Labute approximate surface area is 153 Å². The number of ether oxygens (including phenoxy) is 1. The number of fused-ring (bicyclic) bond motifs is 1. The molecule has 1 aliphatic rings. The van der Waals surface area contributed by atoms with Crippen molar-refractivity contribution in [3.05, 3.63) is 42.0 Å². The minimum absolute atomic E-state index is 0.0853. The number of nitrogens with one attached hydrogen (secondary N) is 1. The molecule has 6 nitrogen and oxygen atoms in total. The second-order valence-corrected chi connectivity index (χ2v) is 8.63. The molecular formula is C19H22N2O4S. The summed E-state index contributed by atoms with van der Waals surface area (Å²) in [7, 11) is -2.98. The van der Waals surface area contributed by atoms with E-state index in [4.69, 9.17) is 4.74 Å². The van der Waals surface area contributed by atoms with Gasteiger partial charge in [0.2, 0.25) is 5.91 Å². The Balaban J connectivity index is 1.71. The van der Waals surface area contributed by atoms with Crippen LogP contribution in [-0.2, 0) is 14.6 Å². The van der Waals surface area contributed by atoms with E-state index in [1.165, 1.54) is 0 Å². The van der Waals surface area contributed by atoms with Crippen molar-refractivity contribution in [2.75, 3.05) is 18.1 Å². The van der Waals surface area contributed by atoms with Gasteiger partial charge in [-0.25, -0.2) is 13.8 Å². The number of nitrogens with zero attached hydrogens (tertiary/aromatic N) is 1. The standard InChI is InChI=1S/C19H22N2O4S/c1-2-25-18-8-7-15-5-3-4-6-16(15)17(18)12-20-21-19(22)11-14-9-10-26(23,24)13-14/h3-8,12,14H,2,9-11,13H2,1H3,(H,21,22)/b20-12-/t14-/m0/s1. The van der Waals surface area contributed by atoms with E-state index >= 15 is 0 Å². The summed E-state index contributed by atoms with van der Waals surface area (Å²) in [6.45, 7) is 2.44. The molecule has 0 bridgehead atoms. The minimum atomic E-state index is -2.98. The number of hydrogen-bond acceptors (Lipinski definition) is 5. The molecule has 0 aliphatic carbocycles. The number of hydrogen-bond donors (Lipinski definition) is 1. The average Bonchev–Trinajstić information content (AvgIpc) is 2.95. The third-order valence-corrected chi connectivity index (χ3v) is 6.25. The molecule has 7 heteroatoms. The maximum absolute atomic E-state index is 12.0. The fourth-order valence-corrected chi connectivity index (χ4v) is 5.06. The molecule has 0 spiro atoms. The van der Waals surface area contributed by atoms with Gasteiger partial charge in [-0.05, 0) is 36.1 Å². The molecule has 0 unspecified atom stereocenters. The van der Waals surface area contributed by atoms with Gasteiger partial charge in [0.15, 0.2) is 9.84 Å². The molecule has 1 atom stereocenters. The lowest BCUT2D eigenvalue weighted by molar-refractivity contribution is -0.121. The highest BCUT2D eigenvalue weighted by atomic mass is 32.2. The molecule has 1 heterocycles. The largest absolute Gasteiger partial charge is 0.493 e. The number of benzene rings is 2. The molecule has 0 saturated carbocycles. The van der Waals surface area contributed by atoms with Gasteiger partial charge in [0, 0.05) is 12.0 Å². The molecule has 2 aromatic rings. The molecule has 0 aromatic heterocycles. The van der Waals surface area contributed by atoms with Gasteiger partial charge in [0.1, 0.15) is 5.75 Å².